The molecule has 4 heteroatoms. The molecule has 0 saturated heterocycles. The SMILES string of the molecule is CCOC(=O)c1cccc2ncn(CC)c12. The third-order valence-electron chi connectivity index (χ3n) is 2.47. The zero-order chi connectivity index (χ0) is 11.5. The summed E-state index contributed by atoms with van der Waals surface area (Å²) in [6.45, 7) is 4.99. The number of hydrogen-bond acceptors (Lipinski definition) is 3. The molecule has 0 unspecified atom stereocenters. The van der Waals surface area contributed by atoms with E-state index >= 15 is 0 Å². The number of benzene rings is 1. The Kier molecular flexibility index (Phi) is 2.90. The standard InChI is InChI=1S/C12H14N2O2/c1-3-14-8-13-10-7-5-6-9(11(10)14)12(15)16-4-2/h5-8H,3-4H2,1-2H3. The Balaban J connectivity index is 2.59. The van der Waals surface area contributed by atoms with Crippen LogP contribution in [0.25, 0.3) is 11.0 Å². The van der Waals surface area contributed by atoms with Crippen LogP contribution >= 0.6 is 0 Å². The lowest BCUT2D eigenvalue weighted by Crippen LogP contribution is -2.07. The van der Waals surface area contributed by atoms with Crippen LogP contribution in [0.1, 0.15) is 24.2 Å². The van der Waals surface area contributed by atoms with Crippen molar-refractivity contribution in [3.63, 3.8) is 0 Å². The van der Waals surface area contributed by atoms with Crippen molar-refractivity contribution in [3.8, 4) is 0 Å². The summed E-state index contributed by atoms with van der Waals surface area (Å²) < 4.78 is 6.97. The van der Waals surface area contributed by atoms with Crippen molar-refractivity contribution in [2.75, 3.05) is 6.61 Å². The first kappa shape index (κ1) is 10.7. The molecule has 0 aliphatic heterocycles. The van der Waals surface area contributed by atoms with Crippen LogP contribution in [0.15, 0.2) is 24.5 Å². The van der Waals surface area contributed by atoms with Gasteiger partial charge in [0.1, 0.15) is 0 Å². The Morgan fingerprint density at radius 1 is 1.44 bits per heavy atom. The van der Waals surface area contributed by atoms with E-state index in [4.69, 9.17) is 4.74 Å². The first-order valence-corrected chi connectivity index (χ1v) is 5.38. The van der Waals surface area contributed by atoms with Gasteiger partial charge in [-0.25, -0.2) is 9.78 Å². The highest BCUT2D eigenvalue weighted by molar-refractivity contribution is 6.02. The Labute approximate surface area is 93.9 Å². The highest BCUT2D eigenvalue weighted by atomic mass is 16.5. The van der Waals surface area contributed by atoms with Crippen LogP contribution in [0.4, 0.5) is 0 Å². The van der Waals surface area contributed by atoms with Crippen LogP contribution in [0, 0.1) is 0 Å². The summed E-state index contributed by atoms with van der Waals surface area (Å²) in [6.07, 6.45) is 1.74. The highest BCUT2D eigenvalue weighted by Gasteiger charge is 2.14. The number of aromatic nitrogens is 2. The van der Waals surface area contributed by atoms with Gasteiger partial charge >= 0.3 is 5.97 Å². The molecule has 0 N–H and O–H groups in total. The van der Waals surface area contributed by atoms with Crippen molar-refractivity contribution in [2.24, 2.45) is 0 Å². The predicted octanol–water partition coefficient (Wildman–Crippen LogP) is 2.23. The molecule has 1 aromatic carbocycles. The summed E-state index contributed by atoms with van der Waals surface area (Å²) in [7, 11) is 0. The molecule has 0 fully saturated rings. The van der Waals surface area contributed by atoms with Gasteiger partial charge in [-0.1, -0.05) is 6.07 Å². The fourth-order valence-corrected chi connectivity index (χ4v) is 1.74. The first-order valence-electron chi connectivity index (χ1n) is 5.38. The smallest absolute Gasteiger partial charge is 0.340 e. The number of carbonyl (C=O) groups is 1. The van der Waals surface area contributed by atoms with E-state index in [2.05, 4.69) is 4.98 Å². The van der Waals surface area contributed by atoms with E-state index < -0.39 is 0 Å². The second-order valence-electron chi connectivity index (χ2n) is 3.42. The lowest BCUT2D eigenvalue weighted by molar-refractivity contribution is 0.0528. The number of rotatable bonds is 3. The van der Waals surface area contributed by atoms with Crippen molar-refractivity contribution < 1.29 is 9.53 Å². The quantitative estimate of drug-likeness (QED) is 0.742. The fraction of sp³-hybridized carbons (Fsp3) is 0.333. The normalized spacial score (nSPS) is 10.6. The number of esters is 1. The number of fused-ring (bicyclic) bond motifs is 1. The molecule has 1 heterocycles. The summed E-state index contributed by atoms with van der Waals surface area (Å²) in [6, 6.07) is 5.49. The maximum Gasteiger partial charge on any atom is 0.340 e. The fourth-order valence-electron chi connectivity index (χ4n) is 1.74. The van der Waals surface area contributed by atoms with Crippen LogP contribution in [0.3, 0.4) is 0 Å². The van der Waals surface area contributed by atoms with E-state index in [1.54, 1.807) is 19.3 Å². The van der Waals surface area contributed by atoms with Gasteiger partial charge in [0.25, 0.3) is 0 Å². The molecule has 0 amide bonds. The maximum absolute atomic E-state index is 11.8. The molecule has 1 aromatic heterocycles. The molecule has 16 heavy (non-hydrogen) atoms. The van der Waals surface area contributed by atoms with Crippen molar-refractivity contribution in [3.05, 3.63) is 30.1 Å². The summed E-state index contributed by atoms with van der Waals surface area (Å²) >= 11 is 0. The number of imidazole rings is 1. The zero-order valence-electron chi connectivity index (χ0n) is 9.43. The minimum Gasteiger partial charge on any atom is -0.462 e. The van der Waals surface area contributed by atoms with E-state index in [0.717, 1.165) is 17.6 Å². The minimum absolute atomic E-state index is 0.289. The third kappa shape index (κ3) is 1.66. The van der Waals surface area contributed by atoms with Crippen LogP contribution in [0.2, 0.25) is 0 Å². The average molecular weight is 218 g/mol. The van der Waals surface area contributed by atoms with E-state index in [-0.39, 0.29) is 5.97 Å². The van der Waals surface area contributed by atoms with Gasteiger partial charge in [-0.2, -0.15) is 0 Å². The van der Waals surface area contributed by atoms with Gasteiger partial charge in [0.2, 0.25) is 0 Å². The number of nitrogens with zero attached hydrogens (tertiary/aromatic N) is 2. The number of hydrogen-bond donors (Lipinski definition) is 0. The minimum atomic E-state index is -0.289. The van der Waals surface area contributed by atoms with Crippen LogP contribution in [-0.2, 0) is 11.3 Å². The molecule has 84 valence electrons. The van der Waals surface area contributed by atoms with Gasteiger partial charge in [-0.05, 0) is 26.0 Å². The van der Waals surface area contributed by atoms with Gasteiger partial charge in [0, 0.05) is 6.54 Å². The maximum atomic E-state index is 11.8. The largest absolute Gasteiger partial charge is 0.462 e. The second-order valence-corrected chi connectivity index (χ2v) is 3.42. The summed E-state index contributed by atoms with van der Waals surface area (Å²) in [4.78, 5) is 16.0. The van der Waals surface area contributed by atoms with Gasteiger partial charge < -0.3 is 9.30 Å². The Morgan fingerprint density at radius 2 is 2.25 bits per heavy atom. The van der Waals surface area contributed by atoms with Crippen molar-refractivity contribution >= 4 is 17.0 Å². The number of para-hydroxylation sites is 1. The van der Waals surface area contributed by atoms with Gasteiger partial charge in [0.05, 0.1) is 29.5 Å². The summed E-state index contributed by atoms with van der Waals surface area (Å²) in [5, 5.41) is 0. The summed E-state index contributed by atoms with van der Waals surface area (Å²) in [5.74, 6) is -0.289. The van der Waals surface area contributed by atoms with Crippen LogP contribution in [0.5, 0.6) is 0 Å². The van der Waals surface area contributed by atoms with E-state index in [1.807, 2.05) is 23.6 Å². The molecule has 0 radical (unpaired) electrons. The number of aryl methyl sites for hydroxylation is 1. The van der Waals surface area contributed by atoms with E-state index in [0.29, 0.717) is 12.2 Å². The molecule has 2 aromatic rings. The molecule has 0 aliphatic rings. The average Bonchev–Trinajstić information content (AvgIpc) is 2.72. The van der Waals surface area contributed by atoms with Crippen molar-refractivity contribution in [1.29, 1.82) is 0 Å². The van der Waals surface area contributed by atoms with Crippen LogP contribution < -0.4 is 0 Å². The molecule has 4 nitrogen and oxygen atoms in total. The Bertz CT molecular complexity index is 517. The molecular weight excluding hydrogens is 204 g/mol. The number of carbonyl (C=O) groups excluding carboxylic acids is 1. The van der Waals surface area contributed by atoms with Crippen molar-refractivity contribution in [2.45, 2.75) is 20.4 Å². The van der Waals surface area contributed by atoms with Gasteiger partial charge in [0.15, 0.2) is 0 Å². The molecule has 0 bridgehead atoms. The van der Waals surface area contributed by atoms with Gasteiger partial charge in [-0.3, -0.25) is 0 Å². The molecule has 0 atom stereocenters. The van der Waals surface area contributed by atoms with E-state index in [1.165, 1.54) is 0 Å². The molecule has 0 saturated carbocycles. The topological polar surface area (TPSA) is 44.1 Å². The zero-order valence-corrected chi connectivity index (χ0v) is 9.43. The lowest BCUT2D eigenvalue weighted by Gasteiger charge is -2.05. The molecule has 0 spiro atoms. The molecular formula is C12H14N2O2. The molecule has 2 rings (SSSR count). The van der Waals surface area contributed by atoms with Gasteiger partial charge in [-0.15, -0.1) is 0 Å². The lowest BCUT2D eigenvalue weighted by atomic mass is 10.2. The highest BCUT2D eigenvalue weighted by Crippen LogP contribution is 2.18. The second kappa shape index (κ2) is 4.35. The number of ether oxygens (including phenoxy) is 1. The van der Waals surface area contributed by atoms with E-state index in [9.17, 15) is 4.79 Å². The predicted molar refractivity (Wildman–Crippen MR) is 61.4 cm³/mol. The summed E-state index contributed by atoms with van der Waals surface area (Å²) in [5.41, 5.74) is 2.26. The Hall–Kier alpha value is -1.84. The van der Waals surface area contributed by atoms with Crippen molar-refractivity contribution in [1.82, 2.24) is 9.55 Å². The first-order chi connectivity index (χ1) is 7.77. The monoisotopic (exact) mass is 218 g/mol. The van der Waals surface area contributed by atoms with Crippen LogP contribution in [-0.4, -0.2) is 22.1 Å². The molecule has 0 aliphatic carbocycles. The third-order valence-corrected chi connectivity index (χ3v) is 2.47. The Morgan fingerprint density at radius 3 is 2.94 bits per heavy atom.